The van der Waals surface area contributed by atoms with Crippen molar-refractivity contribution in [3.8, 4) is 16.9 Å². The molecule has 1 amide bonds. The van der Waals surface area contributed by atoms with E-state index in [0.29, 0.717) is 39.5 Å². The molecule has 2 N–H and O–H groups in total. The summed E-state index contributed by atoms with van der Waals surface area (Å²) in [6, 6.07) is 13.7. The second kappa shape index (κ2) is 11.3. The molecule has 3 heterocycles. The molecule has 3 aromatic carbocycles. The van der Waals surface area contributed by atoms with Crippen LogP contribution in [0, 0.1) is 18.6 Å². The van der Waals surface area contributed by atoms with E-state index in [0.717, 1.165) is 5.56 Å². The van der Waals surface area contributed by atoms with Crippen LogP contribution in [0.15, 0.2) is 72.0 Å². The highest BCUT2D eigenvalue weighted by Gasteiger charge is 2.23. The van der Waals surface area contributed by atoms with Crippen LogP contribution in [0.4, 0.5) is 14.5 Å². The van der Waals surface area contributed by atoms with Gasteiger partial charge in [-0.3, -0.25) is 24.1 Å². The smallest absolute Gasteiger partial charge is 0.329 e. The van der Waals surface area contributed by atoms with Crippen molar-refractivity contribution in [3.63, 3.8) is 0 Å². The molecule has 0 aliphatic carbocycles. The van der Waals surface area contributed by atoms with Gasteiger partial charge < -0.3 is 9.64 Å². The summed E-state index contributed by atoms with van der Waals surface area (Å²) in [5.74, 6) is -0.567. The van der Waals surface area contributed by atoms with Crippen LogP contribution in [-0.2, 0) is 31.5 Å². The Morgan fingerprint density at radius 3 is 2.37 bits per heavy atom. The molecule has 0 aliphatic heterocycles. The first-order valence-corrected chi connectivity index (χ1v) is 13.2. The highest BCUT2D eigenvalue weighted by Crippen LogP contribution is 2.32. The molecular formula is C29H25F2N9O3. The number of carbonyl (C=O) groups excluding carboxylic acids is 1. The van der Waals surface area contributed by atoms with Gasteiger partial charge in [-0.1, -0.05) is 6.07 Å². The number of nitrogens with zero attached hydrogens (tertiary/aromatic N) is 7. The average Bonchev–Trinajstić information content (AvgIpc) is 3.76. The fourth-order valence-electron chi connectivity index (χ4n) is 4.92. The number of H-pyrrole nitrogens is 2. The van der Waals surface area contributed by atoms with Crippen LogP contribution in [-0.4, -0.2) is 45.4 Å². The van der Waals surface area contributed by atoms with Crippen molar-refractivity contribution in [1.82, 2.24) is 39.5 Å². The first-order valence-electron chi connectivity index (χ1n) is 13.2. The normalized spacial score (nSPS) is 11.3. The fraction of sp³-hybridized carbons (Fsp3) is 0.172. The van der Waals surface area contributed by atoms with Crippen molar-refractivity contribution in [2.75, 3.05) is 4.90 Å². The van der Waals surface area contributed by atoms with E-state index in [-0.39, 0.29) is 25.4 Å². The van der Waals surface area contributed by atoms with Gasteiger partial charge in [-0.05, 0) is 66.6 Å². The Morgan fingerprint density at radius 1 is 0.977 bits per heavy atom. The first kappa shape index (κ1) is 27.5. The minimum absolute atomic E-state index is 0.0156. The monoisotopic (exact) mass is 585 g/mol. The predicted octanol–water partition coefficient (Wildman–Crippen LogP) is 3.64. The Kier molecular flexibility index (Phi) is 7.24. The third-order valence-corrected chi connectivity index (χ3v) is 6.96. The zero-order valence-corrected chi connectivity index (χ0v) is 23.1. The van der Waals surface area contributed by atoms with E-state index in [2.05, 4.69) is 30.4 Å². The number of imidazole rings is 1. The van der Waals surface area contributed by atoms with Crippen LogP contribution in [0.25, 0.3) is 22.2 Å². The minimum Gasteiger partial charge on any atom is -0.483 e. The number of carbonyl (C=O) groups is 1. The van der Waals surface area contributed by atoms with Crippen molar-refractivity contribution in [2.24, 2.45) is 7.05 Å². The number of ether oxygens (including phenoxy) is 1. The van der Waals surface area contributed by atoms with Crippen LogP contribution >= 0.6 is 0 Å². The van der Waals surface area contributed by atoms with Crippen LogP contribution in [0.2, 0.25) is 0 Å². The number of nitrogens with one attached hydrogen (secondary N) is 2. The average molecular weight is 586 g/mol. The quantitative estimate of drug-likeness (QED) is 0.264. The van der Waals surface area contributed by atoms with Gasteiger partial charge in [0.2, 0.25) is 5.91 Å². The summed E-state index contributed by atoms with van der Waals surface area (Å²) in [5, 5.41) is 13.0. The number of rotatable bonds is 9. The van der Waals surface area contributed by atoms with E-state index < -0.39 is 23.2 Å². The molecule has 0 spiro atoms. The second-order valence-corrected chi connectivity index (χ2v) is 9.86. The molecule has 14 heteroatoms. The van der Waals surface area contributed by atoms with Gasteiger partial charge in [0.05, 0.1) is 17.6 Å². The second-order valence-electron chi connectivity index (χ2n) is 9.86. The summed E-state index contributed by atoms with van der Waals surface area (Å²) in [7, 11) is 1.60. The van der Waals surface area contributed by atoms with Gasteiger partial charge in [0.15, 0.2) is 17.4 Å². The van der Waals surface area contributed by atoms with E-state index >= 15 is 4.39 Å². The largest absolute Gasteiger partial charge is 0.483 e. The molecule has 0 bridgehead atoms. The summed E-state index contributed by atoms with van der Waals surface area (Å²) < 4.78 is 37.1. The maximum atomic E-state index is 15.1. The Hall–Kier alpha value is -5.66. The van der Waals surface area contributed by atoms with Gasteiger partial charge in [-0.25, -0.2) is 23.5 Å². The molecule has 43 heavy (non-hydrogen) atoms. The minimum atomic E-state index is -0.589. The number of fused-ring (bicyclic) bond motifs is 1. The molecule has 0 radical (unpaired) electrons. The highest BCUT2D eigenvalue weighted by atomic mass is 19.1. The molecular weight excluding hydrogens is 560 g/mol. The topological polar surface area (TPSA) is 140 Å². The number of aromatic nitrogens is 8. The summed E-state index contributed by atoms with van der Waals surface area (Å²) >= 11 is 0. The van der Waals surface area contributed by atoms with Crippen molar-refractivity contribution in [3.05, 3.63) is 107 Å². The van der Waals surface area contributed by atoms with Crippen molar-refractivity contribution in [2.45, 2.75) is 26.6 Å². The van der Waals surface area contributed by atoms with E-state index in [1.54, 1.807) is 19.2 Å². The van der Waals surface area contributed by atoms with Crippen molar-refractivity contribution < 1.29 is 18.3 Å². The Balaban J connectivity index is 1.35. The predicted molar refractivity (Wildman–Crippen MR) is 152 cm³/mol. The van der Waals surface area contributed by atoms with E-state index in [1.807, 2.05) is 13.0 Å². The van der Waals surface area contributed by atoms with Gasteiger partial charge in [0.25, 0.3) is 0 Å². The molecule has 218 valence electrons. The summed E-state index contributed by atoms with van der Waals surface area (Å²) in [6.07, 6.45) is 2.66. The summed E-state index contributed by atoms with van der Waals surface area (Å²) in [4.78, 5) is 36.7. The van der Waals surface area contributed by atoms with Gasteiger partial charge in [-0.15, -0.1) is 0 Å². The molecule has 0 unspecified atom stereocenters. The molecule has 0 saturated carbocycles. The van der Waals surface area contributed by atoms with E-state index in [1.165, 1.54) is 63.1 Å². The van der Waals surface area contributed by atoms with Gasteiger partial charge in [0, 0.05) is 18.3 Å². The Bertz CT molecular complexity index is 1970. The van der Waals surface area contributed by atoms with Crippen LogP contribution in [0.1, 0.15) is 17.2 Å². The SMILES string of the molecule is Cc1cc(-c2ccc(OCc3ncn[nH]3)c(F)c2)c2c(c1)n(CC(=O)N(Cc1ncn[nH]1)c1ccc(F)cc1)c(=O)n2C. The number of aryl methyl sites for hydroxylation is 2. The fourth-order valence-corrected chi connectivity index (χ4v) is 4.92. The number of anilines is 1. The third-order valence-electron chi connectivity index (χ3n) is 6.96. The van der Waals surface area contributed by atoms with Crippen LogP contribution in [0.3, 0.4) is 0 Å². The summed E-state index contributed by atoms with van der Waals surface area (Å²) in [6.45, 7) is 1.58. The molecule has 3 aromatic heterocycles. The zero-order chi connectivity index (χ0) is 30.1. The third kappa shape index (κ3) is 5.49. The number of halogens is 2. The lowest BCUT2D eigenvalue weighted by molar-refractivity contribution is -0.119. The first-order chi connectivity index (χ1) is 20.8. The molecule has 0 saturated heterocycles. The lowest BCUT2D eigenvalue weighted by Gasteiger charge is -2.22. The number of benzene rings is 3. The number of hydrogen-bond donors (Lipinski definition) is 2. The molecule has 6 rings (SSSR count). The lowest BCUT2D eigenvalue weighted by atomic mass is 10.0. The maximum Gasteiger partial charge on any atom is 0.329 e. The molecule has 12 nitrogen and oxygen atoms in total. The van der Waals surface area contributed by atoms with Crippen molar-refractivity contribution >= 4 is 22.6 Å². The summed E-state index contributed by atoms with van der Waals surface area (Å²) in [5.41, 5.74) is 2.96. The van der Waals surface area contributed by atoms with Crippen molar-refractivity contribution in [1.29, 1.82) is 0 Å². The number of hydrogen-bond acceptors (Lipinski definition) is 7. The van der Waals surface area contributed by atoms with Gasteiger partial charge in [-0.2, -0.15) is 10.2 Å². The lowest BCUT2D eigenvalue weighted by Crippen LogP contribution is -2.36. The van der Waals surface area contributed by atoms with Crippen LogP contribution < -0.4 is 15.3 Å². The Labute approximate surface area is 242 Å². The number of amides is 1. The number of aromatic amines is 2. The molecule has 0 fully saturated rings. The van der Waals surface area contributed by atoms with E-state index in [4.69, 9.17) is 4.74 Å². The standard InChI is InChI=1S/C29H25F2N9O3/c1-17-9-21(18-3-8-24(22(31)11-18)43-14-26-33-16-35-37-26)28-23(10-17)40(29(42)38(28)2)13-27(41)39(12-25-32-15-34-36-25)20-6-4-19(30)5-7-20/h3-11,15-16H,12-14H2,1-2H3,(H,32,34,36)(H,33,35,37). The molecule has 0 aliphatic rings. The molecule has 6 aromatic rings. The maximum absolute atomic E-state index is 15.1. The molecule has 0 atom stereocenters. The highest BCUT2D eigenvalue weighted by molar-refractivity contribution is 5.96. The van der Waals surface area contributed by atoms with Gasteiger partial charge in [0.1, 0.15) is 37.4 Å². The van der Waals surface area contributed by atoms with Crippen LogP contribution in [0.5, 0.6) is 5.75 Å². The Morgan fingerprint density at radius 2 is 1.70 bits per heavy atom. The zero-order valence-electron chi connectivity index (χ0n) is 23.1. The van der Waals surface area contributed by atoms with E-state index in [9.17, 15) is 14.0 Å². The van der Waals surface area contributed by atoms with Gasteiger partial charge >= 0.3 is 5.69 Å².